The van der Waals surface area contributed by atoms with E-state index in [1.54, 1.807) is 13.4 Å². The number of hydrogen-bond donors (Lipinski definition) is 1. The van der Waals surface area contributed by atoms with Crippen LogP contribution in [0.3, 0.4) is 0 Å². The lowest BCUT2D eigenvalue weighted by atomic mass is 10.2. The predicted octanol–water partition coefficient (Wildman–Crippen LogP) is 2.23. The molecule has 0 bridgehead atoms. The van der Waals surface area contributed by atoms with Gasteiger partial charge in [-0.05, 0) is 6.42 Å². The van der Waals surface area contributed by atoms with E-state index in [0.29, 0.717) is 6.61 Å². The van der Waals surface area contributed by atoms with Gasteiger partial charge in [-0.3, -0.25) is 0 Å². The number of unbranched alkanes of at least 4 members (excludes halogenated alkanes) is 2. The van der Waals surface area contributed by atoms with Crippen LogP contribution >= 0.6 is 0 Å². The molecule has 0 fully saturated rings. The van der Waals surface area contributed by atoms with Crippen molar-refractivity contribution in [1.29, 1.82) is 0 Å². The third-order valence-electron chi connectivity index (χ3n) is 2.10. The van der Waals surface area contributed by atoms with E-state index in [2.05, 4.69) is 22.2 Å². The van der Waals surface area contributed by atoms with Crippen LogP contribution in [0.5, 0.6) is 0 Å². The number of rotatable bonds is 7. The first-order chi connectivity index (χ1) is 7.36. The summed E-state index contributed by atoms with van der Waals surface area (Å²) in [7, 11) is 1.66. The van der Waals surface area contributed by atoms with Crippen LogP contribution in [0, 0.1) is 0 Å². The van der Waals surface area contributed by atoms with Crippen molar-refractivity contribution in [3.8, 4) is 0 Å². The van der Waals surface area contributed by atoms with E-state index < -0.39 is 0 Å². The molecule has 0 saturated heterocycles. The number of aromatic nitrogens is 2. The molecule has 0 saturated carbocycles. The number of anilines is 1. The molecule has 0 spiro atoms. The molecule has 0 aromatic carbocycles. The minimum Gasteiger partial charge on any atom is -0.378 e. The minimum absolute atomic E-state index is 0.534. The summed E-state index contributed by atoms with van der Waals surface area (Å²) in [6.07, 6.45) is 5.24. The Balaban J connectivity index is 2.36. The third kappa shape index (κ3) is 4.74. The van der Waals surface area contributed by atoms with E-state index in [4.69, 9.17) is 4.74 Å². The highest BCUT2D eigenvalue weighted by Gasteiger charge is 1.97. The van der Waals surface area contributed by atoms with Crippen molar-refractivity contribution in [1.82, 2.24) is 9.97 Å². The molecule has 4 nitrogen and oxygen atoms in total. The highest BCUT2D eigenvalue weighted by molar-refractivity contribution is 5.34. The molecule has 1 heterocycles. The quantitative estimate of drug-likeness (QED) is 0.699. The topological polar surface area (TPSA) is 47.0 Å². The van der Waals surface area contributed by atoms with Crippen LogP contribution in [0.4, 0.5) is 5.82 Å². The lowest BCUT2D eigenvalue weighted by Crippen LogP contribution is -2.04. The summed E-state index contributed by atoms with van der Waals surface area (Å²) >= 11 is 0. The van der Waals surface area contributed by atoms with Crippen LogP contribution in [0.2, 0.25) is 0 Å². The van der Waals surface area contributed by atoms with Crippen LogP contribution in [0.15, 0.2) is 12.4 Å². The maximum atomic E-state index is 5.01. The van der Waals surface area contributed by atoms with Crippen molar-refractivity contribution in [3.05, 3.63) is 18.1 Å². The molecule has 0 atom stereocenters. The first kappa shape index (κ1) is 11.9. The highest BCUT2D eigenvalue weighted by Crippen LogP contribution is 2.05. The van der Waals surface area contributed by atoms with Crippen molar-refractivity contribution in [2.45, 2.75) is 32.8 Å². The Morgan fingerprint density at radius 3 is 2.93 bits per heavy atom. The van der Waals surface area contributed by atoms with Crippen LogP contribution < -0.4 is 5.32 Å². The minimum atomic E-state index is 0.534. The summed E-state index contributed by atoms with van der Waals surface area (Å²) in [6.45, 7) is 3.70. The maximum Gasteiger partial charge on any atom is 0.129 e. The monoisotopic (exact) mass is 209 g/mol. The Bertz CT molecular complexity index is 278. The Hall–Kier alpha value is -1.16. The fraction of sp³-hybridized carbons (Fsp3) is 0.636. The molecule has 0 unspecified atom stereocenters. The lowest BCUT2D eigenvalue weighted by Gasteiger charge is -2.05. The van der Waals surface area contributed by atoms with Gasteiger partial charge in [-0.15, -0.1) is 0 Å². The van der Waals surface area contributed by atoms with Crippen LogP contribution in [0.1, 0.15) is 31.9 Å². The number of hydrogen-bond acceptors (Lipinski definition) is 4. The van der Waals surface area contributed by atoms with E-state index in [-0.39, 0.29) is 0 Å². The van der Waals surface area contributed by atoms with Crippen LogP contribution in [-0.2, 0) is 11.3 Å². The van der Waals surface area contributed by atoms with E-state index in [9.17, 15) is 0 Å². The molecule has 0 amide bonds. The van der Waals surface area contributed by atoms with Crippen LogP contribution in [-0.4, -0.2) is 23.6 Å². The molecule has 1 N–H and O–H groups in total. The summed E-state index contributed by atoms with van der Waals surface area (Å²) < 4.78 is 5.01. The van der Waals surface area contributed by atoms with Gasteiger partial charge in [0.05, 0.1) is 12.3 Å². The molecule has 0 aliphatic heterocycles. The average molecular weight is 209 g/mol. The summed E-state index contributed by atoms with van der Waals surface area (Å²) in [6, 6.07) is 1.93. The predicted molar refractivity (Wildman–Crippen MR) is 60.8 cm³/mol. The fourth-order valence-corrected chi connectivity index (χ4v) is 1.31. The number of nitrogens with zero attached hydrogens (tertiary/aromatic N) is 2. The molecule has 0 aliphatic carbocycles. The highest BCUT2D eigenvalue weighted by atomic mass is 16.5. The Kier molecular flexibility index (Phi) is 5.70. The van der Waals surface area contributed by atoms with Gasteiger partial charge in [0.15, 0.2) is 0 Å². The summed E-state index contributed by atoms with van der Waals surface area (Å²) in [5.41, 5.74) is 0.908. The van der Waals surface area contributed by atoms with Crippen molar-refractivity contribution >= 4 is 5.82 Å². The first-order valence-corrected chi connectivity index (χ1v) is 5.40. The zero-order valence-electron chi connectivity index (χ0n) is 9.49. The van der Waals surface area contributed by atoms with Gasteiger partial charge in [0.1, 0.15) is 12.1 Å². The Morgan fingerprint density at radius 1 is 1.33 bits per heavy atom. The van der Waals surface area contributed by atoms with Crippen molar-refractivity contribution in [2.24, 2.45) is 0 Å². The van der Waals surface area contributed by atoms with Gasteiger partial charge >= 0.3 is 0 Å². The Labute approximate surface area is 91.1 Å². The molecule has 1 aromatic heterocycles. The van der Waals surface area contributed by atoms with Gasteiger partial charge in [-0.1, -0.05) is 19.8 Å². The maximum absolute atomic E-state index is 5.01. The lowest BCUT2D eigenvalue weighted by molar-refractivity contribution is 0.181. The molecule has 0 radical (unpaired) electrons. The van der Waals surface area contributed by atoms with E-state index in [0.717, 1.165) is 18.1 Å². The normalized spacial score (nSPS) is 10.3. The number of methoxy groups -OCH3 is 1. The fourth-order valence-electron chi connectivity index (χ4n) is 1.31. The van der Waals surface area contributed by atoms with Crippen molar-refractivity contribution in [2.75, 3.05) is 19.0 Å². The standard InChI is InChI=1S/C11H19N3O/c1-3-4-5-6-12-11-7-10(8-15-2)13-9-14-11/h7,9H,3-6,8H2,1-2H3,(H,12,13,14). The van der Waals surface area contributed by atoms with E-state index >= 15 is 0 Å². The molecule has 4 heteroatoms. The van der Waals surface area contributed by atoms with Crippen LogP contribution in [0.25, 0.3) is 0 Å². The van der Waals surface area contributed by atoms with Gasteiger partial charge in [0.2, 0.25) is 0 Å². The van der Waals surface area contributed by atoms with Gasteiger partial charge in [-0.2, -0.15) is 0 Å². The zero-order chi connectivity index (χ0) is 10.9. The second kappa shape index (κ2) is 7.17. The zero-order valence-corrected chi connectivity index (χ0v) is 9.49. The van der Waals surface area contributed by atoms with Gasteiger partial charge in [0.25, 0.3) is 0 Å². The molecule has 1 aromatic rings. The molecule has 0 aliphatic rings. The first-order valence-electron chi connectivity index (χ1n) is 5.40. The van der Waals surface area contributed by atoms with Gasteiger partial charge < -0.3 is 10.1 Å². The smallest absolute Gasteiger partial charge is 0.129 e. The molecule has 84 valence electrons. The van der Waals surface area contributed by atoms with Gasteiger partial charge in [-0.25, -0.2) is 9.97 Å². The summed E-state index contributed by atoms with van der Waals surface area (Å²) in [5.74, 6) is 0.883. The second-order valence-corrected chi connectivity index (χ2v) is 3.46. The second-order valence-electron chi connectivity index (χ2n) is 3.46. The molecule has 15 heavy (non-hydrogen) atoms. The average Bonchev–Trinajstić information content (AvgIpc) is 2.26. The molecule has 1 rings (SSSR count). The number of ether oxygens (including phenoxy) is 1. The van der Waals surface area contributed by atoms with Gasteiger partial charge in [0, 0.05) is 19.7 Å². The summed E-state index contributed by atoms with van der Waals surface area (Å²) in [5, 5.41) is 3.27. The van der Waals surface area contributed by atoms with E-state index in [1.807, 2.05) is 6.07 Å². The molecular formula is C11H19N3O. The SMILES string of the molecule is CCCCCNc1cc(COC)ncn1. The molecular weight excluding hydrogens is 190 g/mol. The van der Waals surface area contributed by atoms with E-state index in [1.165, 1.54) is 19.3 Å². The summed E-state index contributed by atoms with van der Waals surface area (Å²) in [4.78, 5) is 8.24. The largest absolute Gasteiger partial charge is 0.378 e. The third-order valence-corrected chi connectivity index (χ3v) is 2.10. The Morgan fingerprint density at radius 2 is 2.20 bits per heavy atom. The van der Waals surface area contributed by atoms with Crippen molar-refractivity contribution < 1.29 is 4.74 Å². The van der Waals surface area contributed by atoms with Crippen molar-refractivity contribution in [3.63, 3.8) is 0 Å². The number of nitrogens with one attached hydrogen (secondary N) is 1.